The van der Waals surface area contributed by atoms with Gasteiger partial charge >= 0.3 is 0 Å². The summed E-state index contributed by atoms with van der Waals surface area (Å²) in [5.41, 5.74) is 8.37. The minimum absolute atomic E-state index is 0.0737. The summed E-state index contributed by atoms with van der Waals surface area (Å²) in [5.74, 6) is 4.54. The van der Waals surface area contributed by atoms with Gasteiger partial charge in [-0.15, -0.1) is 11.3 Å². The first-order chi connectivity index (χ1) is 8.61. The second kappa shape index (κ2) is 5.47. The predicted octanol–water partition coefficient (Wildman–Crippen LogP) is -0.341. The smallest absolute Gasteiger partial charge is 0.275 e. The average Bonchev–Trinajstić information content (AvgIpc) is 2.97. The van der Waals surface area contributed by atoms with Crippen molar-refractivity contribution in [2.75, 3.05) is 13.1 Å². The Hall–Kier alpha value is -1.44. The third-order valence-electron chi connectivity index (χ3n) is 3.15. The minimum Gasteiger partial charge on any atom is -0.369 e. The van der Waals surface area contributed by atoms with Gasteiger partial charge in [-0.25, -0.2) is 5.84 Å². The van der Waals surface area contributed by atoms with Crippen LogP contribution in [0.2, 0.25) is 0 Å². The highest BCUT2D eigenvalue weighted by Gasteiger charge is 2.27. The highest BCUT2D eigenvalue weighted by atomic mass is 32.1. The van der Waals surface area contributed by atoms with Crippen LogP contribution in [0.15, 0.2) is 11.4 Å². The highest BCUT2D eigenvalue weighted by molar-refractivity contribution is 7.12. The number of thiophene rings is 1. The van der Waals surface area contributed by atoms with Gasteiger partial charge in [0.25, 0.3) is 5.91 Å². The lowest BCUT2D eigenvalue weighted by Crippen LogP contribution is -2.31. The Balaban J connectivity index is 2.01. The van der Waals surface area contributed by atoms with E-state index in [2.05, 4.69) is 10.3 Å². The number of primary amides is 1. The van der Waals surface area contributed by atoms with Crippen LogP contribution in [0.4, 0.5) is 0 Å². The molecule has 2 rings (SSSR count). The Morgan fingerprint density at radius 1 is 1.56 bits per heavy atom. The minimum atomic E-state index is -0.273. The zero-order chi connectivity index (χ0) is 13.1. The zero-order valence-electron chi connectivity index (χ0n) is 9.89. The third-order valence-corrected chi connectivity index (χ3v) is 4.11. The predicted molar refractivity (Wildman–Crippen MR) is 68.6 cm³/mol. The normalized spacial score (nSPS) is 19.9. The van der Waals surface area contributed by atoms with Crippen molar-refractivity contribution in [2.24, 2.45) is 17.5 Å². The number of amides is 2. The number of carbonyl (C=O) groups excluding carboxylic acids is 2. The van der Waals surface area contributed by atoms with E-state index in [-0.39, 0.29) is 17.7 Å². The number of nitrogen functional groups attached to an aromatic ring is 1. The van der Waals surface area contributed by atoms with Gasteiger partial charge in [0.2, 0.25) is 5.91 Å². The summed E-state index contributed by atoms with van der Waals surface area (Å²) < 4.78 is 0. The Morgan fingerprint density at radius 2 is 2.33 bits per heavy atom. The number of likely N-dealkylation sites (tertiary alicyclic amines) is 1. The second-order valence-electron chi connectivity index (χ2n) is 4.37. The molecule has 1 atom stereocenters. The molecule has 0 bridgehead atoms. The van der Waals surface area contributed by atoms with Gasteiger partial charge in [-0.3, -0.25) is 19.9 Å². The molecule has 0 aromatic carbocycles. The van der Waals surface area contributed by atoms with Crippen LogP contribution in [0.1, 0.15) is 21.7 Å². The standard InChI is InChI=1S/C11H16N4O2S/c12-10(16)8-1-3-15(6-8)5-7-2-4-18-9(7)11(17)14-13/h2,4,8H,1,3,5-6,13H2,(H2,12,16)(H,14,17). The molecule has 1 unspecified atom stereocenters. The SMILES string of the molecule is NNC(=O)c1sccc1CN1CCC(C(N)=O)C1. The average molecular weight is 268 g/mol. The molecule has 2 heterocycles. The number of hydrazine groups is 1. The van der Waals surface area contributed by atoms with Gasteiger partial charge in [-0.1, -0.05) is 0 Å². The molecular weight excluding hydrogens is 252 g/mol. The Kier molecular flexibility index (Phi) is 3.95. The molecule has 0 saturated carbocycles. The first kappa shape index (κ1) is 13.0. The lowest BCUT2D eigenvalue weighted by atomic mass is 10.1. The molecule has 5 N–H and O–H groups in total. The fourth-order valence-corrected chi connectivity index (χ4v) is 2.99. The van der Waals surface area contributed by atoms with E-state index in [0.29, 0.717) is 18.0 Å². The Bertz CT molecular complexity index is 460. The molecule has 1 aliphatic rings. The molecule has 18 heavy (non-hydrogen) atoms. The molecule has 1 aromatic heterocycles. The number of nitrogens with two attached hydrogens (primary N) is 2. The summed E-state index contributed by atoms with van der Waals surface area (Å²) in [7, 11) is 0. The van der Waals surface area contributed by atoms with E-state index in [1.165, 1.54) is 11.3 Å². The summed E-state index contributed by atoms with van der Waals surface area (Å²) in [5, 5.41) is 1.86. The van der Waals surface area contributed by atoms with Crippen molar-refractivity contribution in [2.45, 2.75) is 13.0 Å². The van der Waals surface area contributed by atoms with Gasteiger partial charge in [0.15, 0.2) is 0 Å². The molecule has 0 aliphatic carbocycles. The molecule has 1 fully saturated rings. The maximum Gasteiger partial charge on any atom is 0.275 e. The monoisotopic (exact) mass is 268 g/mol. The lowest BCUT2D eigenvalue weighted by Gasteiger charge is -2.15. The van der Waals surface area contributed by atoms with Gasteiger partial charge < -0.3 is 5.73 Å². The maximum absolute atomic E-state index is 11.5. The number of rotatable bonds is 4. The van der Waals surface area contributed by atoms with Crippen LogP contribution in [0.3, 0.4) is 0 Å². The molecule has 1 saturated heterocycles. The van der Waals surface area contributed by atoms with E-state index in [4.69, 9.17) is 11.6 Å². The van der Waals surface area contributed by atoms with Crippen LogP contribution in [0.5, 0.6) is 0 Å². The quantitative estimate of drug-likeness (QED) is 0.395. The van der Waals surface area contributed by atoms with Crippen LogP contribution in [0.25, 0.3) is 0 Å². The molecule has 7 heteroatoms. The molecule has 6 nitrogen and oxygen atoms in total. The van der Waals surface area contributed by atoms with E-state index < -0.39 is 0 Å². The molecule has 0 radical (unpaired) electrons. The van der Waals surface area contributed by atoms with E-state index in [0.717, 1.165) is 18.5 Å². The first-order valence-corrected chi connectivity index (χ1v) is 6.58. The lowest BCUT2D eigenvalue weighted by molar-refractivity contribution is -0.121. The van der Waals surface area contributed by atoms with Crippen molar-refractivity contribution in [1.29, 1.82) is 0 Å². The fraction of sp³-hybridized carbons (Fsp3) is 0.455. The third kappa shape index (κ3) is 2.69. The van der Waals surface area contributed by atoms with Crippen molar-refractivity contribution in [3.05, 3.63) is 21.9 Å². The van der Waals surface area contributed by atoms with Crippen LogP contribution >= 0.6 is 11.3 Å². The maximum atomic E-state index is 11.5. The van der Waals surface area contributed by atoms with Gasteiger partial charge in [-0.05, 0) is 30.0 Å². The van der Waals surface area contributed by atoms with E-state index >= 15 is 0 Å². The highest BCUT2D eigenvalue weighted by Crippen LogP contribution is 2.22. The van der Waals surface area contributed by atoms with Crippen LogP contribution in [-0.2, 0) is 11.3 Å². The zero-order valence-corrected chi connectivity index (χ0v) is 10.7. The number of nitrogens with zero attached hydrogens (tertiary/aromatic N) is 1. The number of carbonyl (C=O) groups is 2. The van der Waals surface area contributed by atoms with Gasteiger partial charge in [0.05, 0.1) is 10.8 Å². The molecular formula is C11H16N4O2S. The largest absolute Gasteiger partial charge is 0.369 e. The Labute approximate surface area is 109 Å². The number of hydrogen-bond donors (Lipinski definition) is 3. The number of nitrogens with one attached hydrogen (secondary N) is 1. The van der Waals surface area contributed by atoms with Gasteiger partial charge in [0, 0.05) is 13.1 Å². The molecule has 1 aromatic rings. The van der Waals surface area contributed by atoms with Crippen molar-refractivity contribution < 1.29 is 9.59 Å². The topological polar surface area (TPSA) is 101 Å². The van der Waals surface area contributed by atoms with Crippen molar-refractivity contribution in [3.8, 4) is 0 Å². The molecule has 0 spiro atoms. The fourth-order valence-electron chi connectivity index (χ4n) is 2.17. The second-order valence-corrected chi connectivity index (χ2v) is 5.29. The molecule has 98 valence electrons. The number of hydrogen-bond acceptors (Lipinski definition) is 5. The summed E-state index contributed by atoms with van der Waals surface area (Å²) in [6.07, 6.45) is 0.790. The van der Waals surface area contributed by atoms with Crippen molar-refractivity contribution in [1.82, 2.24) is 10.3 Å². The summed E-state index contributed by atoms with van der Waals surface area (Å²) in [6.45, 7) is 2.14. The summed E-state index contributed by atoms with van der Waals surface area (Å²) in [6, 6.07) is 1.91. The van der Waals surface area contributed by atoms with Gasteiger partial charge in [0.1, 0.15) is 0 Å². The van der Waals surface area contributed by atoms with Crippen LogP contribution in [-0.4, -0.2) is 29.8 Å². The van der Waals surface area contributed by atoms with E-state index in [9.17, 15) is 9.59 Å². The van der Waals surface area contributed by atoms with E-state index in [1.54, 1.807) is 0 Å². The van der Waals surface area contributed by atoms with Crippen molar-refractivity contribution >= 4 is 23.2 Å². The first-order valence-electron chi connectivity index (χ1n) is 5.70. The van der Waals surface area contributed by atoms with Gasteiger partial charge in [-0.2, -0.15) is 0 Å². The molecule has 1 aliphatic heterocycles. The summed E-state index contributed by atoms with van der Waals surface area (Å²) >= 11 is 1.36. The summed E-state index contributed by atoms with van der Waals surface area (Å²) in [4.78, 5) is 25.4. The van der Waals surface area contributed by atoms with Crippen LogP contribution < -0.4 is 17.0 Å². The van der Waals surface area contributed by atoms with Crippen molar-refractivity contribution in [3.63, 3.8) is 0 Å². The van der Waals surface area contributed by atoms with Crippen LogP contribution in [0, 0.1) is 5.92 Å². The van der Waals surface area contributed by atoms with E-state index in [1.807, 2.05) is 11.4 Å². The molecule has 2 amide bonds. The Morgan fingerprint density at radius 3 is 2.94 bits per heavy atom.